The summed E-state index contributed by atoms with van der Waals surface area (Å²) in [4.78, 5) is 15.5. The van der Waals surface area contributed by atoms with Crippen molar-refractivity contribution < 1.29 is 9.53 Å². The van der Waals surface area contributed by atoms with Crippen LogP contribution in [0, 0.1) is 0 Å². The molecule has 0 fully saturated rings. The van der Waals surface area contributed by atoms with E-state index in [4.69, 9.17) is 10.5 Å². The van der Waals surface area contributed by atoms with Gasteiger partial charge in [0.25, 0.3) is 0 Å². The summed E-state index contributed by atoms with van der Waals surface area (Å²) in [5.74, 6) is 0.650. The maximum Gasteiger partial charge on any atom is 0.407 e. The van der Waals surface area contributed by atoms with E-state index in [1.807, 2.05) is 32.9 Å². The van der Waals surface area contributed by atoms with E-state index < -0.39 is 11.7 Å². The quantitative estimate of drug-likeness (QED) is 0.718. The van der Waals surface area contributed by atoms with Crippen molar-refractivity contribution in [3.63, 3.8) is 0 Å². The highest BCUT2D eigenvalue weighted by atomic mass is 16.6. The van der Waals surface area contributed by atoms with E-state index in [2.05, 4.69) is 15.6 Å². The number of aromatic nitrogens is 1. The molecule has 0 aromatic carbocycles. The number of hydrogen-bond donors (Lipinski definition) is 3. The first-order valence-electron chi connectivity index (χ1n) is 6.45. The molecule has 1 amide bonds. The van der Waals surface area contributed by atoms with Crippen molar-refractivity contribution >= 4 is 17.6 Å². The molecule has 110 valence electrons. The Kier molecular flexibility index (Phi) is 5.83. The Hall–Kier alpha value is -2.24. The summed E-state index contributed by atoms with van der Waals surface area (Å²) >= 11 is 0. The Balaban J connectivity index is 2.20. The molecule has 1 aromatic heterocycles. The van der Waals surface area contributed by atoms with Crippen molar-refractivity contribution in [2.45, 2.75) is 26.4 Å². The maximum absolute atomic E-state index is 11.3. The van der Waals surface area contributed by atoms with Crippen LogP contribution in [0.4, 0.5) is 16.3 Å². The largest absolute Gasteiger partial charge is 0.444 e. The standard InChI is InChI=1S/C14H22N4O2/c1-14(2,3)20-13(19)18-9-5-4-8-16-12-11(15)7-6-10-17-12/h4-7,10H,8-9,15H2,1-3H3,(H,16,17)(H,18,19). The minimum Gasteiger partial charge on any atom is -0.444 e. The number of nitrogens with two attached hydrogens (primary N) is 1. The SMILES string of the molecule is CC(C)(C)OC(=O)NCC=CCNc1ncccc1N. The Morgan fingerprint density at radius 1 is 1.40 bits per heavy atom. The number of carbonyl (C=O) groups is 1. The molecule has 0 unspecified atom stereocenters. The molecule has 4 N–H and O–H groups in total. The van der Waals surface area contributed by atoms with Gasteiger partial charge in [-0.2, -0.15) is 0 Å². The number of anilines is 2. The molecule has 0 bridgehead atoms. The molecule has 0 atom stereocenters. The lowest BCUT2D eigenvalue weighted by Gasteiger charge is -2.19. The van der Waals surface area contributed by atoms with Crippen LogP contribution in [0.2, 0.25) is 0 Å². The van der Waals surface area contributed by atoms with Gasteiger partial charge in [-0.3, -0.25) is 0 Å². The number of nitrogens with one attached hydrogen (secondary N) is 2. The average molecular weight is 278 g/mol. The second-order valence-corrected chi connectivity index (χ2v) is 5.18. The number of amides is 1. The van der Waals surface area contributed by atoms with Gasteiger partial charge < -0.3 is 21.1 Å². The van der Waals surface area contributed by atoms with Crippen molar-refractivity contribution in [1.29, 1.82) is 0 Å². The van der Waals surface area contributed by atoms with Crippen molar-refractivity contribution in [2.75, 3.05) is 24.1 Å². The predicted molar refractivity (Wildman–Crippen MR) is 80.5 cm³/mol. The van der Waals surface area contributed by atoms with Crippen molar-refractivity contribution in [1.82, 2.24) is 10.3 Å². The predicted octanol–water partition coefficient (Wildman–Crippen LogP) is 2.16. The van der Waals surface area contributed by atoms with Gasteiger partial charge in [-0.25, -0.2) is 9.78 Å². The van der Waals surface area contributed by atoms with E-state index >= 15 is 0 Å². The maximum atomic E-state index is 11.3. The average Bonchev–Trinajstić information content (AvgIpc) is 2.33. The van der Waals surface area contributed by atoms with Gasteiger partial charge in [-0.1, -0.05) is 12.2 Å². The highest BCUT2D eigenvalue weighted by Crippen LogP contribution is 2.12. The third kappa shape index (κ3) is 6.63. The monoisotopic (exact) mass is 278 g/mol. The van der Waals surface area contributed by atoms with Gasteiger partial charge in [-0.15, -0.1) is 0 Å². The van der Waals surface area contributed by atoms with Crippen LogP contribution in [0.5, 0.6) is 0 Å². The van der Waals surface area contributed by atoms with Gasteiger partial charge in [0.1, 0.15) is 11.4 Å². The van der Waals surface area contributed by atoms with E-state index in [0.717, 1.165) is 0 Å². The summed E-state index contributed by atoms with van der Waals surface area (Å²) in [7, 11) is 0. The Morgan fingerprint density at radius 2 is 2.10 bits per heavy atom. The molecular formula is C14H22N4O2. The fourth-order valence-corrected chi connectivity index (χ4v) is 1.34. The molecule has 0 radical (unpaired) electrons. The number of ether oxygens (including phenoxy) is 1. The zero-order valence-electron chi connectivity index (χ0n) is 12.1. The first kappa shape index (κ1) is 15.8. The highest BCUT2D eigenvalue weighted by Gasteiger charge is 2.14. The van der Waals surface area contributed by atoms with Crippen LogP contribution in [-0.4, -0.2) is 29.8 Å². The molecule has 0 aliphatic rings. The number of nitrogens with zero attached hydrogens (tertiary/aromatic N) is 1. The Bertz CT molecular complexity index is 466. The topological polar surface area (TPSA) is 89.3 Å². The normalized spacial score (nSPS) is 11.3. The second kappa shape index (κ2) is 7.37. The molecule has 6 heteroatoms. The van der Waals surface area contributed by atoms with Crippen LogP contribution < -0.4 is 16.4 Å². The molecule has 1 aromatic rings. The lowest BCUT2D eigenvalue weighted by molar-refractivity contribution is 0.0534. The van der Waals surface area contributed by atoms with E-state index in [1.165, 1.54) is 0 Å². The van der Waals surface area contributed by atoms with Crippen LogP contribution in [0.1, 0.15) is 20.8 Å². The highest BCUT2D eigenvalue weighted by molar-refractivity contribution is 5.67. The van der Waals surface area contributed by atoms with Crippen LogP contribution in [-0.2, 0) is 4.74 Å². The fourth-order valence-electron chi connectivity index (χ4n) is 1.34. The van der Waals surface area contributed by atoms with Gasteiger partial charge in [-0.05, 0) is 32.9 Å². The number of nitrogen functional groups attached to an aromatic ring is 1. The van der Waals surface area contributed by atoms with Gasteiger partial charge in [0.2, 0.25) is 0 Å². The molecule has 0 aliphatic heterocycles. The molecule has 0 spiro atoms. The number of hydrogen-bond acceptors (Lipinski definition) is 5. The summed E-state index contributed by atoms with van der Waals surface area (Å²) in [6.45, 7) is 6.46. The summed E-state index contributed by atoms with van der Waals surface area (Å²) in [5.41, 5.74) is 5.86. The molecule has 0 saturated carbocycles. The molecule has 0 saturated heterocycles. The van der Waals surface area contributed by atoms with Crippen molar-refractivity contribution in [3.8, 4) is 0 Å². The minimum atomic E-state index is -0.480. The smallest absolute Gasteiger partial charge is 0.407 e. The lowest BCUT2D eigenvalue weighted by Crippen LogP contribution is -2.32. The molecule has 20 heavy (non-hydrogen) atoms. The van der Waals surface area contributed by atoms with E-state index in [1.54, 1.807) is 18.3 Å². The number of alkyl carbamates (subject to hydrolysis) is 1. The fraction of sp³-hybridized carbons (Fsp3) is 0.429. The zero-order valence-corrected chi connectivity index (χ0v) is 12.1. The van der Waals surface area contributed by atoms with Crippen LogP contribution in [0.15, 0.2) is 30.5 Å². The number of rotatable bonds is 5. The minimum absolute atomic E-state index is 0.411. The van der Waals surface area contributed by atoms with Crippen LogP contribution in [0.3, 0.4) is 0 Å². The first-order chi connectivity index (χ1) is 9.38. The van der Waals surface area contributed by atoms with Crippen LogP contribution >= 0.6 is 0 Å². The van der Waals surface area contributed by atoms with Crippen molar-refractivity contribution in [3.05, 3.63) is 30.5 Å². The third-order valence-corrected chi connectivity index (χ3v) is 2.16. The first-order valence-corrected chi connectivity index (χ1v) is 6.45. The summed E-state index contributed by atoms with van der Waals surface area (Å²) in [5, 5.41) is 5.71. The number of pyridine rings is 1. The summed E-state index contributed by atoms with van der Waals surface area (Å²) < 4.78 is 5.10. The Morgan fingerprint density at radius 3 is 2.75 bits per heavy atom. The molecule has 1 heterocycles. The summed E-state index contributed by atoms with van der Waals surface area (Å²) in [6, 6.07) is 3.56. The molecule has 0 aliphatic carbocycles. The number of carbonyl (C=O) groups excluding carboxylic acids is 1. The van der Waals surface area contributed by atoms with E-state index in [9.17, 15) is 4.79 Å². The zero-order chi connectivity index (χ0) is 15.0. The van der Waals surface area contributed by atoms with Crippen LogP contribution in [0.25, 0.3) is 0 Å². The second-order valence-electron chi connectivity index (χ2n) is 5.18. The summed E-state index contributed by atoms with van der Waals surface area (Å²) in [6.07, 6.45) is 4.96. The van der Waals surface area contributed by atoms with Gasteiger partial charge in [0, 0.05) is 19.3 Å². The third-order valence-electron chi connectivity index (χ3n) is 2.16. The van der Waals surface area contributed by atoms with Gasteiger partial charge >= 0.3 is 6.09 Å². The lowest BCUT2D eigenvalue weighted by atomic mass is 10.2. The van der Waals surface area contributed by atoms with Gasteiger partial charge in [0.05, 0.1) is 5.69 Å². The molecular weight excluding hydrogens is 256 g/mol. The van der Waals surface area contributed by atoms with Crippen molar-refractivity contribution in [2.24, 2.45) is 0 Å². The van der Waals surface area contributed by atoms with E-state index in [0.29, 0.717) is 24.6 Å². The van der Waals surface area contributed by atoms with E-state index in [-0.39, 0.29) is 0 Å². The Labute approximate surface area is 119 Å². The van der Waals surface area contributed by atoms with Gasteiger partial charge in [0.15, 0.2) is 0 Å². The molecule has 1 rings (SSSR count). The molecule has 6 nitrogen and oxygen atoms in total.